The Bertz CT molecular complexity index is 837. The molecule has 150 valence electrons. The second kappa shape index (κ2) is 8.56. The topological polar surface area (TPSA) is 59.6 Å². The molecule has 2 aromatic rings. The van der Waals surface area contributed by atoms with Crippen molar-refractivity contribution in [3.8, 4) is 11.5 Å². The lowest BCUT2D eigenvalue weighted by Crippen LogP contribution is -2.42. The summed E-state index contributed by atoms with van der Waals surface area (Å²) in [7, 11) is 0. The number of hydrogen-bond donors (Lipinski definition) is 2. The average molecular weight is 390 g/mol. The van der Waals surface area contributed by atoms with Gasteiger partial charge in [0, 0.05) is 6.04 Å². The lowest BCUT2D eigenvalue weighted by molar-refractivity contribution is -0.118. The van der Waals surface area contributed by atoms with Crippen LogP contribution in [0.25, 0.3) is 0 Å². The summed E-state index contributed by atoms with van der Waals surface area (Å²) in [4.78, 5) is 12.5. The molecule has 5 nitrogen and oxygen atoms in total. The van der Waals surface area contributed by atoms with Crippen LogP contribution in [-0.2, 0) is 4.79 Å². The van der Waals surface area contributed by atoms with E-state index in [1.165, 1.54) is 6.07 Å². The van der Waals surface area contributed by atoms with Crippen molar-refractivity contribution in [2.45, 2.75) is 32.9 Å². The summed E-state index contributed by atoms with van der Waals surface area (Å²) in [5, 5.41) is 5.57. The number of hydrogen-bond acceptors (Lipinski definition) is 4. The molecule has 1 amide bonds. The number of carbonyl (C=O) groups is 1. The highest BCUT2D eigenvalue weighted by Gasteiger charge is 2.24. The van der Waals surface area contributed by atoms with Crippen LogP contribution in [0, 0.1) is 17.6 Å². The first kappa shape index (κ1) is 20.1. The van der Waals surface area contributed by atoms with Crippen molar-refractivity contribution < 1.29 is 23.0 Å². The summed E-state index contributed by atoms with van der Waals surface area (Å²) < 4.78 is 38.8. The van der Waals surface area contributed by atoms with Crippen molar-refractivity contribution in [1.82, 2.24) is 5.32 Å². The largest absolute Gasteiger partial charge is 0.486 e. The van der Waals surface area contributed by atoms with Gasteiger partial charge < -0.3 is 14.8 Å². The Hall–Kier alpha value is -2.67. The van der Waals surface area contributed by atoms with Crippen LogP contribution in [0.4, 0.5) is 14.5 Å². The Labute approximate surface area is 163 Å². The van der Waals surface area contributed by atoms with Gasteiger partial charge in [0.05, 0.1) is 6.04 Å². The predicted molar refractivity (Wildman–Crippen MR) is 103 cm³/mol. The third-order valence-electron chi connectivity index (χ3n) is 4.63. The van der Waals surface area contributed by atoms with Crippen LogP contribution in [0.5, 0.6) is 11.5 Å². The molecule has 1 aliphatic rings. The molecule has 0 unspecified atom stereocenters. The first-order chi connectivity index (χ1) is 13.4. The Kier molecular flexibility index (Phi) is 6.14. The van der Waals surface area contributed by atoms with Crippen molar-refractivity contribution in [2.75, 3.05) is 18.5 Å². The normalized spacial score (nSPS) is 15.2. The quantitative estimate of drug-likeness (QED) is 0.781. The molecule has 2 N–H and O–H groups in total. The zero-order valence-corrected chi connectivity index (χ0v) is 16.1. The van der Waals surface area contributed by atoms with Gasteiger partial charge in [0.25, 0.3) is 0 Å². The van der Waals surface area contributed by atoms with Gasteiger partial charge in [0.2, 0.25) is 5.91 Å². The molecule has 0 radical (unpaired) electrons. The number of rotatable bonds is 6. The smallest absolute Gasteiger partial charge is 0.241 e. The number of fused-ring (bicyclic) bond motifs is 1. The second-order valence-corrected chi connectivity index (χ2v) is 7.10. The number of benzene rings is 2. The molecule has 1 aliphatic heterocycles. The Morgan fingerprint density at radius 2 is 1.64 bits per heavy atom. The first-order valence-electron chi connectivity index (χ1n) is 9.27. The van der Waals surface area contributed by atoms with Crippen molar-refractivity contribution in [3.05, 3.63) is 53.6 Å². The van der Waals surface area contributed by atoms with E-state index in [0.29, 0.717) is 24.7 Å². The van der Waals surface area contributed by atoms with E-state index >= 15 is 0 Å². The summed E-state index contributed by atoms with van der Waals surface area (Å²) in [6, 6.07) is 8.27. The van der Waals surface area contributed by atoms with Crippen molar-refractivity contribution in [1.29, 1.82) is 0 Å². The monoisotopic (exact) mass is 390 g/mol. The van der Waals surface area contributed by atoms with Gasteiger partial charge in [-0.05, 0) is 42.7 Å². The number of carbonyl (C=O) groups excluding carboxylic acids is 1. The maximum absolute atomic E-state index is 13.8. The maximum atomic E-state index is 13.8. The molecule has 0 spiro atoms. The molecule has 0 fully saturated rings. The maximum Gasteiger partial charge on any atom is 0.241 e. The van der Waals surface area contributed by atoms with Gasteiger partial charge in [-0.3, -0.25) is 10.1 Å². The van der Waals surface area contributed by atoms with E-state index in [-0.39, 0.29) is 12.0 Å². The van der Waals surface area contributed by atoms with Gasteiger partial charge in [0.1, 0.15) is 30.5 Å². The zero-order chi connectivity index (χ0) is 20.3. The molecule has 7 heteroatoms. The van der Waals surface area contributed by atoms with Crippen LogP contribution in [0.15, 0.2) is 36.4 Å². The standard InChI is InChI=1S/C21H24F2N2O3/c1-12(2)19(14-7-8-17-18(11-14)28-10-9-27-17)24-13(3)21(26)25-20-15(22)5-4-6-16(20)23/h4-8,11-13,19,24H,9-10H2,1-3H3,(H,25,26)/t13-,19+/m1/s1. The lowest BCUT2D eigenvalue weighted by Gasteiger charge is -2.28. The molecule has 3 rings (SSSR count). The van der Waals surface area contributed by atoms with Crippen molar-refractivity contribution in [3.63, 3.8) is 0 Å². The highest BCUT2D eigenvalue weighted by Crippen LogP contribution is 2.34. The molecule has 0 bridgehead atoms. The number of ether oxygens (including phenoxy) is 2. The van der Waals surface area contributed by atoms with Gasteiger partial charge in [-0.1, -0.05) is 26.0 Å². The molecule has 2 atom stereocenters. The Balaban J connectivity index is 1.74. The minimum atomic E-state index is -0.812. The van der Waals surface area contributed by atoms with E-state index < -0.39 is 29.3 Å². The molecule has 1 heterocycles. The Morgan fingerprint density at radius 3 is 2.29 bits per heavy atom. The number of anilines is 1. The fraction of sp³-hybridized carbons (Fsp3) is 0.381. The summed E-state index contributed by atoms with van der Waals surface area (Å²) in [6.45, 7) is 6.71. The van der Waals surface area contributed by atoms with E-state index in [2.05, 4.69) is 10.6 Å². The van der Waals surface area contributed by atoms with Crippen LogP contribution < -0.4 is 20.1 Å². The minimum absolute atomic E-state index is 0.156. The fourth-order valence-corrected chi connectivity index (χ4v) is 3.12. The number of amides is 1. The van der Waals surface area contributed by atoms with E-state index in [0.717, 1.165) is 17.7 Å². The summed E-state index contributed by atoms with van der Waals surface area (Å²) in [5.41, 5.74) is 0.498. The Morgan fingerprint density at radius 1 is 1.00 bits per heavy atom. The number of halogens is 2. The van der Waals surface area contributed by atoms with Gasteiger partial charge in [-0.2, -0.15) is 0 Å². The predicted octanol–water partition coefficient (Wildman–Crippen LogP) is 4.05. The fourth-order valence-electron chi connectivity index (χ4n) is 3.12. The van der Waals surface area contributed by atoms with Crippen LogP contribution in [0.3, 0.4) is 0 Å². The van der Waals surface area contributed by atoms with Crippen LogP contribution in [0.1, 0.15) is 32.4 Å². The number of para-hydroxylation sites is 1. The highest BCUT2D eigenvalue weighted by atomic mass is 19.1. The average Bonchev–Trinajstić information content (AvgIpc) is 2.68. The lowest BCUT2D eigenvalue weighted by atomic mass is 9.94. The van der Waals surface area contributed by atoms with E-state index in [1.54, 1.807) is 6.92 Å². The zero-order valence-electron chi connectivity index (χ0n) is 16.1. The molecule has 28 heavy (non-hydrogen) atoms. The summed E-state index contributed by atoms with van der Waals surface area (Å²) in [5.74, 6) is -0.629. The molecular weight excluding hydrogens is 366 g/mol. The molecule has 0 saturated heterocycles. The molecule has 2 aromatic carbocycles. The van der Waals surface area contributed by atoms with E-state index in [4.69, 9.17) is 9.47 Å². The van der Waals surface area contributed by atoms with Gasteiger partial charge in [0.15, 0.2) is 11.5 Å². The molecule has 0 saturated carbocycles. The van der Waals surface area contributed by atoms with E-state index in [1.807, 2.05) is 32.0 Å². The van der Waals surface area contributed by atoms with Crippen molar-refractivity contribution >= 4 is 11.6 Å². The third-order valence-corrected chi connectivity index (χ3v) is 4.63. The first-order valence-corrected chi connectivity index (χ1v) is 9.27. The summed E-state index contributed by atoms with van der Waals surface area (Å²) in [6.07, 6.45) is 0. The van der Waals surface area contributed by atoms with Gasteiger partial charge in [-0.15, -0.1) is 0 Å². The van der Waals surface area contributed by atoms with Crippen molar-refractivity contribution in [2.24, 2.45) is 5.92 Å². The van der Waals surface area contributed by atoms with Gasteiger partial charge in [-0.25, -0.2) is 8.78 Å². The van der Waals surface area contributed by atoms with Crippen LogP contribution in [-0.4, -0.2) is 25.2 Å². The highest BCUT2D eigenvalue weighted by molar-refractivity contribution is 5.94. The van der Waals surface area contributed by atoms with Crippen LogP contribution >= 0.6 is 0 Å². The molecule has 0 aromatic heterocycles. The third kappa shape index (κ3) is 4.42. The molecular formula is C21H24F2N2O3. The summed E-state index contributed by atoms with van der Waals surface area (Å²) >= 11 is 0. The van der Waals surface area contributed by atoms with E-state index in [9.17, 15) is 13.6 Å². The second-order valence-electron chi connectivity index (χ2n) is 7.10. The molecule has 0 aliphatic carbocycles. The van der Waals surface area contributed by atoms with Gasteiger partial charge >= 0.3 is 0 Å². The van der Waals surface area contributed by atoms with Crippen LogP contribution in [0.2, 0.25) is 0 Å². The number of nitrogens with one attached hydrogen (secondary N) is 2. The minimum Gasteiger partial charge on any atom is -0.486 e. The SMILES string of the molecule is CC(C)[C@H](N[C@H](C)C(=O)Nc1c(F)cccc1F)c1ccc2c(c1)OCCO2.